The Morgan fingerprint density at radius 2 is 1.71 bits per heavy atom. The maximum atomic E-state index is 12.3. The van der Waals surface area contributed by atoms with Gasteiger partial charge in [-0.15, -0.1) is 0 Å². The van der Waals surface area contributed by atoms with E-state index in [-0.39, 0.29) is 5.91 Å². The molecule has 0 aliphatic carbocycles. The number of carbonyl (C=O) groups is 3. The number of hydrogen-bond acceptors (Lipinski definition) is 4. The number of piperazine rings is 1. The molecule has 2 rings (SSSR count). The van der Waals surface area contributed by atoms with Crippen LogP contribution in [0, 0.1) is 6.92 Å². The summed E-state index contributed by atoms with van der Waals surface area (Å²) < 4.78 is 0. The van der Waals surface area contributed by atoms with Crippen LogP contribution in [0.25, 0.3) is 0 Å². The van der Waals surface area contributed by atoms with Crippen LogP contribution in [0.3, 0.4) is 0 Å². The normalized spacial score (nSPS) is 14.8. The van der Waals surface area contributed by atoms with E-state index in [1.54, 1.807) is 11.0 Å². The fourth-order valence-corrected chi connectivity index (χ4v) is 2.28. The lowest BCUT2D eigenvalue weighted by Crippen LogP contribution is -2.54. The van der Waals surface area contributed by atoms with Crippen molar-refractivity contribution in [2.24, 2.45) is 5.84 Å². The lowest BCUT2D eigenvalue weighted by Gasteiger charge is -2.34. The summed E-state index contributed by atoms with van der Waals surface area (Å²) in [5, 5.41) is 0. The smallest absolute Gasteiger partial charge is 0.323 e. The van der Waals surface area contributed by atoms with Gasteiger partial charge in [0.25, 0.3) is 5.91 Å². The zero-order valence-electron chi connectivity index (χ0n) is 11.8. The van der Waals surface area contributed by atoms with Crippen molar-refractivity contribution in [3.63, 3.8) is 0 Å². The molecule has 112 valence electrons. The minimum absolute atomic E-state index is 0.0610. The van der Waals surface area contributed by atoms with Crippen molar-refractivity contribution in [3.8, 4) is 0 Å². The molecule has 3 N–H and O–H groups in total. The van der Waals surface area contributed by atoms with Gasteiger partial charge >= 0.3 is 11.8 Å². The third-order valence-corrected chi connectivity index (χ3v) is 3.44. The number of hydrogen-bond donors (Lipinski definition) is 2. The van der Waals surface area contributed by atoms with Gasteiger partial charge in [-0.1, -0.05) is 17.7 Å². The molecule has 0 radical (unpaired) electrons. The summed E-state index contributed by atoms with van der Waals surface area (Å²) in [6.45, 7) is 3.37. The standard InChI is InChI=1S/C14H18N4O3/c1-10-3-2-4-11(9-10)13(20)17-5-7-18(8-6-17)14(21)12(19)16-15/h2-4,9H,5-8,15H2,1H3,(H,16,19). The summed E-state index contributed by atoms with van der Waals surface area (Å²) in [4.78, 5) is 38.2. The molecule has 1 heterocycles. The number of hydrazine groups is 1. The van der Waals surface area contributed by atoms with Gasteiger partial charge in [0, 0.05) is 31.7 Å². The predicted octanol–water partition coefficient (Wildman–Crippen LogP) is -0.731. The molecular weight excluding hydrogens is 272 g/mol. The first-order chi connectivity index (χ1) is 10.0. The van der Waals surface area contributed by atoms with Crippen molar-refractivity contribution in [2.45, 2.75) is 6.92 Å². The molecule has 7 heteroatoms. The second kappa shape index (κ2) is 6.36. The summed E-state index contributed by atoms with van der Waals surface area (Å²) in [7, 11) is 0. The number of aryl methyl sites for hydroxylation is 1. The maximum absolute atomic E-state index is 12.3. The summed E-state index contributed by atoms with van der Waals surface area (Å²) >= 11 is 0. The van der Waals surface area contributed by atoms with Crippen LogP contribution in [0.1, 0.15) is 15.9 Å². The molecule has 0 bridgehead atoms. The first-order valence-corrected chi connectivity index (χ1v) is 6.68. The fraction of sp³-hybridized carbons (Fsp3) is 0.357. The molecule has 0 saturated carbocycles. The van der Waals surface area contributed by atoms with Gasteiger partial charge in [0.15, 0.2) is 0 Å². The minimum Gasteiger partial charge on any atom is -0.335 e. The van der Waals surface area contributed by atoms with Gasteiger partial charge in [-0.05, 0) is 19.1 Å². The van der Waals surface area contributed by atoms with E-state index in [4.69, 9.17) is 5.84 Å². The van der Waals surface area contributed by atoms with E-state index < -0.39 is 11.8 Å². The fourth-order valence-electron chi connectivity index (χ4n) is 2.28. The van der Waals surface area contributed by atoms with Gasteiger partial charge in [-0.25, -0.2) is 5.84 Å². The average Bonchev–Trinajstić information content (AvgIpc) is 2.53. The van der Waals surface area contributed by atoms with Crippen molar-refractivity contribution in [1.82, 2.24) is 15.2 Å². The average molecular weight is 290 g/mol. The molecule has 0 atom stereocenters. The summed E-state index contributed by atoms with van der Waals surface area (Å²) in [5.74, 6) is 3.37. The third-order valence-electron chi connectivity index (χ3n) is 3.44. The van der Waals surface area contributed by atoms with Crippen LogP contribution in [0.5, 0.6) is 0 Å². The Labute approximate surface area is 122 Å². The molecule has 7 nitrogen and oxygen atoms in total. The Morgan fingerprint density at radius 3 is 2.29 bits per heavy atom. The van der Waals surface area contributed by atoms with Crippen LogP contribution in [-0.4, -0.2) is 53.7 Å². The molecule has 1 aromatic rings. The van der Waals surface area contributed by atoms with Gasteiger partial charge in [0.05, 0.1) is 0 Å². The number of nitrogens with two attached hydrogens (primary N) is 1. The van der Waals surface area contributed by atoms with E-state index in [1.807, 2.05) is 30.5 Å². The highest BCUT2D eigenvalue weighted by Crippen LogP contribution is 2.10. The van der Waals surface area contributed by atoms with Crippen LogP contribution in [0.4, 0.5) is 0 Å². The predicted molar refractivity (Wildman–Crippen MR) is 76.0 cm³/mol. The topological polar surface area (TPSA) is 95.7 Å². The highest BCUT2D eigenvalue weighted by atomic mass is 16.2. The molecule has 1 saturated heterocycles. The van der Waals surface area contributed by atoms with Gasteiger partial charge in [0.1, 0.15) is 0 Å². The monoisotopic (exact) mass is 290 g/mol. The van der Waals surface area contributed by atoms with Crippen molar-refractivity contribution < 1.29 is 14.4 Å². The number of benzene rings is 1. The number of nitrogens with zero attached hydrogens (tertiary/aromatic N) is 2. The lowest BCUT2D eigenvalue weighted by molar-refractivity contribution is -0.146. The van der Waals surface area contributed by atoms with Crippen molar-refractivity contribution in [2.75, 3.05) is 26.2 Å². The van der Waals surface area contributed by atoms with Gasteiger partial charge < -0.3 is 9.80 Å². The zero-order chi connectivity index (χ0) is 15.4. The molecular formula is C14H18N4O3. The Kier molecular flexibility index (Phi) is 4.54. The Bertz CT molecular complexity index is 565. The molecule has 1 fully saturated rings. The molecule has 0 aromatic heterocycles. The molecule has 21 heavy (non-hydrogen) atoms. The number of carbonyl (C=O) groups excluding carboxylic acids is 3. The van der Waals surface area contributed by atoms with Gasteiger partial charge in [-0.2, -0.15) is 0 Å². The van der Waals surface area contributed by atoms with Crippen LogP contribution in [0.15, 0.2) is 24.3 Å². The number of nitrogens with one attached hydrogen (secondary N) is 1. The van der Waals surface area contributed by atoms with E-state index in [0.29, 0.717) is 31.7 Å². The molecule has 3 amide bonds. The summed E-state index contributed by atoms with van der Waals surface area (Å²) in [6.07, 6.45) is 0. The Balaban J connectivity index is 1.96. The molecule has 1 aliphatic rings. The molecule has 1 aromatic carbocycles. The Hall–Kier alpha value is -2.41. The highest BCUT2D eigenvalue weighted by molar-refractivity contribution is 6.34. The van der Waals surface area contributed by atoms with Crippen molar-refractivity contribution in [3.05, 3.63) is 35.4 Å². The van der Waals surface area contributed by atoms with E-state index in [0.717, 1.165) is 5.56 Å². The minimum atomic E-state index is -0.839. The van der Waals surface area contributed by atoms with E-state index in [1.165, 1.54) is 4.90 Å². The van der Waals surface area contributed by atoms with Crippen LogP contribution < -0.4 is 11.3 Å². The summed E-state index contributed by atoms with van der Waals surface area (Å²) in [6, 6.07) is 7.38. The largest absolute Gasteiger partial charge is 0.335 e. The SMILES string of the molecule is Cc1cccc(C(=O)N2CCN(C(=O)C(=O)NN)CC2)c1. The van der Waals surface area contributed by atoms with E-state index in [2.05, 4.69) is 0 Å². The van der Waals surface area contributed by atoms with Crippen LogP contribution in [-0.2, 0) is 9.59 Å². The maximum Gasteiger partial charge on any atom is 0.323 e. The van der Waals surface area contributed by atoms with E-state index in [9.17, 15) is 14.4 Å². The quantitative estimate of drug-likeness (QED) is 0.308. The molecule has 1 aliphatic heterocycles. The summed E-state index contributed by atoms with van der Waals surface area (Å²) in [5.41, 5.74) is 3.47. The first kappa shape index (κ1) is 15.0. The second-order valence-corrected chi connectivity index (χ2v) is 4.93. The highest BCUT2D eigenvalue weighted by Gasteiger charge is 2.27. The van der Waals surface area contributed by atoms with Crippen LogP contribution in [0.2, 0.25) is 0 Å². The zero-order valence-corrected chi connectivity index (χ0v) is 11.8. The first-order valence-electron chi connectivity index (χ1n) is 6.68. The molecule has 0 unspecified atom stereocenters. The lowest BCUT2D eigenvalue weighted by atomic mass is 10.1. The van der Waals surface area contributed by atoms with Gasteiger partial charge in [0.2, 0.25) is 0 Å². The third kappa shape index (κ3) is 3.38. The number of amides is 3. The van der Waals surface area contributed by atoms with E-state index >= 15 is 0 Å². The number of rotatable bonds is 1. The molecule has 0 spiro atoms. The van der Waals surface area contributed by atoms with Gasteiger partial charge in [-0.3, -0.25) is 19.8 Å². The van der Waals surface area contributed by atoms with Crippen molar-refractivity contribution in [1.29, 1.82) is 0 Å². The van der Waals surface area contributed by atoms with Crippen LogP contribution >= 0.6 is 0 Å². The second-order valence-electron chi connectivity index (χ2n) is 4.93. The van der Waals surface area contributed by atoms with Crippen molar-refractivity contribution >= 4 is 17.7 Å². The Morgan fingerprint density at radius 1 is 1.10 bits per heavy atom.